The summed E-state index contributed by atoms with van der Waals surface area (Å²) in [5.74, 6) is 0. The molecular formula is C19H24N2O. The molecule has 0 spiro atoms. The SMILES string of the molecule is CC(C)(C)C/C(N)=C(/C=O)c1cn2c3c(cccc13)CCC2. The molecule has 1 aliphatic heterocycles. The summed E-state index contributed by atoms with van der Waals surface area (Å²) in [4.78, 5) is 11.7. The number of rotatable bonds is 3. The van der Waals surface area contributed by atoms with Gasteiger partial charge in [-0.2, -0.15) is 0 Å². The fraction of sp³-hybridized carbons (Fsp3) is 0.421. The van der Waals surface area contributed by atoms with Gasteiger partial charge in [0, 0.05) is 35.0 Å². The molecule has 1 aromatic heterocycles. The second kappa shape index (κ2) is 5.31. The minimum absolute atomic E-state index is 0.0653. The minimum atomic E-state index is 0.0653. The van der Waals surface area contributed by atoms with Gasteiger partial charge in [-0.1, -0.05) is 39.0 Å². The molecule has 0 saturated carbocycles. The largest absolute Gasteiger partial charge is 0.401 e. The van der Waals surface area contributed by atoms with Crippen molar-refractivity contribution < 1.29 is 4.79 Å². The van der Waals surface area contributed by atoms with E-state index in [2.05, 4.69) is 49.7 Å². The predicted molar refractivity (Wildman–Crippen MR) is 91.5 cm³/mol. The fourth-order valence-electron chi connectivity index (χ4n) is 3.45. The van der Waals surface area contributed by atoms with Crippen LogP contribution in [0.5, 0.6) is 0 Å². The van der Waals surface area contributed by atoms with Crippen molar-refractivity contribution in [1.82, 2.24) is 4.57 Å². The van der Waals surface area contributed by atoms with Crippen molar-refractivity contribution in [2.45, 2.75) is 46.6 Å². The first-order valence-corrected chi connectivity index (χ1v) is 7.95. The van der Waals surface area contributed by atoms with E-state index in [1.54, 1.807) is 0 Å². The maximum atomic E-state index is 11.7. The summed E-state index contributed by atoms with van der Waals surface area (Å²) in [6, 6.07) is 6.37. The van der Waals surface area contributed by atoms with Crippen molar-refractivity contribution in [3.63, 3.8) is 0 Å². The maximum Gasteiger partial charge on any atom is 0.152 e. The van der Waals surface area contributed by atoms with Crippen LogP contribution in [0.1, 0.15) is 44.7 Å². The third kappa shape index (κ3) is 2.56. The van der Waals surface area contributed by atoms with Gasteiger partial charge in [0.15, 0.2) is 6.29 Å². The van der Waals surface area contributed by atoms with Gasteiger partial charge in [0.1, 0.15) is 0 Å². The molecule has 116 valence electrons. The van der Waals surface area contributed by atoms with Crippen LogP contribution in [0.4, 0.5) is 0 Å². The number of allylic oxidation sites excluding steroid dienone is 2. The van der Waals surface area contributed by atoms with E-state index in [-0.39, 0.29) is 5.41 Å². The molecule has 3 heteroatoms. The van der Waals surface area contributed by atoms with E-state index < -0.39 is 0 Å². The van der Waals surface area contributed by atoms with Crippen LogP contribution in [0.2, 0.25) is 0 Å². The number of carbonyl (C=O) groups excluding carboxylic acids is 1. The van der Waals surface area contributed by atoms with E-state index >= 15 is 0 Å². The smallest absolute Gasteiger partial charge is 0.152 e. The zero-order valence-corrected chi connectivity index (χ0v) is 13.6. The number of aryl methyl sites for hydroxylation is 2. The number of benzene rings is 1. The van der Waals surface area contributed by atoms with E-state index in [0.29, 0.717) is 17.7 Å². The molecule has 0 atom stereocenters. The number of carbonyl (C=O) groups is 1. The molecule has 0 fully saturated rings. The first-order chi connectivity index (χ1) is 10.4. The van der Waals surface area contributed by atoms with Crippen LogP contribution >= 0.6 is 0 Å². The van der Waals surface area contributed by atoms with Crippen LogP contribution in [0, 0.1) is 5.41 Å². The second-order valence-corrected chi connectivity index (χ2v) is 7.45. The minimum Gasteiger partial charge on any atom is -0.401 e. The maximum absolute atomic E-state index is 11.7. The standard InChI is InChI=1S/C19H24N2O/c1-19(2,3)10-17(20)16(12-22)15-11-21-9-5-7-13-6-4-8-14(15)18(13)21/h4,6,8,11-12H,5,7,9-10,20H2,1-3H3/b17-16+. The van der Waals surface area contributed by atoms with Gasteiger partial charge < -0.3 is 10.3 Å². The van der Waals surface area contributed by atoms with Crippen molar-refractivity contribution in [3.8, 4) is 0 Å². The number of hydrogen-bond acceptors (Lipinski definition) is 2. The van der Waals surface area contributed by atoms with Crippen LogP contribution in [0.25, 0.3) is 16.5 Å². The molecule has 0 aliphatic carbocycles. The lowest BCUT2D eigenvalue weighted by molar-refractivity contribution is -0.103. The summed E-state index contributed by atoms with van der Waals surface area (Å²) in [6.45, 7) is 7.42. The van der Waals surface area contributed by atoms with E-state index in [9.17, 15) is 4.79 Å². The Morgan fingerprint density at radius 3 is 2.82 bits per heavy atom. The van der Waals surface area contributed by atoms with E-state index in [1.807, 2.05) is 0 Å². The van der Waals surface area contributed by atoms with E-state index in [4.69, 9.17) is 5.73 Å². The number of nitrogens with two attached hydrogens (primary N) is 1. The zero-order chi connectivity index (χ0) is 15.9. The van der Waals surface area contributed by atoms with Crippen LogP contribution in [-0.2, 0) is 17.8 Å². The molecule has 3 nitrogen and oxygen atoms in total. The molecule has 0 amide bonds. The van der Waals surface area contributed by atoms with Gasteiger partial charge in [-0.15, -0.1) is 0 Å². The summed E-state index contributed by atoms with van der Waals surface area (Å²) in [6.07, 6.45) is 6.00. The Labute approximate surface area is 131 Å². The molecule has 2 heterocycles. The van der Waals surface area contributed by atoms with Gasteiger partial charge in [-0.3, -0.25) is 4.79 Å². The van der Waals surface area contributed by atoms with Crippen molar-refractivity contribution in [2.75, 3.05) is 0 Å². The molecule has 1 aliphatic rings. The molecule has 0 saturated heterocycles. The third-order valence-electron chi connectivity index (χ3n) is 4.30. The highest BCUT2D eigenvalue weighted by atomic mass is 16.1. The molecule has 0 bridgehead atoms. The Morgan fingerprint density at radius 2 is 2.14 bits per heavy atom. The Kier molecular flexibility index (Phi) is 3.59. The topological polar surface area (TPSA) is 48.0 Å². The van der Waals surface area contributed by atoms with Gasteiger partial charge in [0.05, 0.1) is 5.52 Å². The lowest BCUT2D eigenvalue weighted by Gasteiger charge is -2.19. The number of aromatic nitrogens is 1. The van der Waals surface area contributed by atoms with Gasteiger partial charge in [0.25, 0.3) is 0 Å². The van der Waals surface area contributed by atoms with Gasteiger partial charge in [-0.05, 0) is 30.2 Å². The monoisotopic (exact) mass is 296 g/mol. The van der Waals surface area contributed by atoms with Crippen LogP contribution < -0.4 is 5.73 Å². The molecule has 22 heavy (non-hydrogen) atoms. The average Bonchev–Trinajstić information content (AvgIpc) is 2.79. The normalized spacial score (nSPS) is 15.8. The number of aldehydes is 1. The van der Waals surface area contributed by atoms with E-state index in [0.717, 1.165) is 36.6 Å². The highest BCUT2D eigenvalue weighted by molar-refractivity contribution is 6.14. The van der Waals surface area contributed by atoms with E-state index in [1.165, 1.54) is 11.1 Å². The summed E-state index contributed by atoms with van der Waals surface area (Å²) >= 11 is 0. The molecule has 2 aromatic rings. The third-order valence-corrected chi connectivity index (χ3v) is 4.30. The van der Waals surface area contributed by atoms with Crippen LogP contribution in [0.3, 0.4) is 0 Å². The molecule has 0 unspecified atom stereocenters. The van der Waals surface area contributed by atoms with Crippen molar-refractivity contribution >= 4 is 22.8 Å². The molecular weight excluding hydrogens is 272 g/mol. The highest BCUT2D eigenvalue weighted by Crippen LogP contribution is 2.34. The average molecular weight is 296 g/mol. The van der Waals surface area contributed by atoms with Gasteiger partial charge in [-0.25, -0.2) is 0 Å². The Balaban J connectivity index is 2.19. The van der Waals surface area contributed by atoms with Crippen LogP contribution in [-0.4, -0.2) is 10.9 Å². The Morgan fingerprint density at radius 1 is 1.36 bits per heavy atom. The Bertz CT molecular complexity index is 760. The first kappa shape index (κ1) is 14.9. The number of hydrogen-bond donors (Lipinski definition) is 1. The number of nitrogens with zero attached hydrogens (tertiary/aromatic N) is 1. The molecule has 2 N–H and O–H groups in total. The first-order valence-electron chi connectivity index (χ1n) is 7.95. The zero-order valence-electron chi connectivity index (χ0n) is 13.6. The van der Waals surface area contributed by atoms with Crippen molar-refractivity contribution in [1.29, 1.82) is 0 Å². The van der Waals surface area contributed by atoms with Crippen molar-refractivity contribution in [3.05, 3.63) is 41.2 Å². The van der Waals surface area contributed by atoms with Gasteiger partial charge in [0.2, 0.25) is 0 Å². The lowest BCUT2D eigenvalue weighted by atomic mass is 9.88. The fourth-order valence-corrected chi connectivity index (χ4v) is 3.45. The summed E-state index contributed by atoms with van der Waals surface area (Å²) in [5, 5.41) is 1.15. The molecule has 1 aromatic carbocycles. The van der Waals surface area contributed by atoms with Gasteiger partial charge >= 0.3 is 0 Å². The van der Waals surface area contributed by atoms with Crippen LogP contribution in [0.15, 0.2) is 30.1 Å². The summed E-state index contributed by atoms with van der Waals surface area (Å²) in [5.41, 5.74) is 11.3. The predicted octanol–water partition coefficient (Wildman–Crippen LogP) is 3.89. The second-order valence-electron chi connectivity index (χ2n) is 7.45. The number of para-hydroxylation sites is 1. The highest BCUT2D eigenvalue weighted by Gasteiger charge is 2.21. The lowest BCUT2D eigenvalue weighted by Crippen LogP contribution is -2.13. The molecule has 3 rings (SSSR count). The Hall–Kier alpha value is -2.03. The van der Waals surface area contributed by atoms with Crippen molar-refractivity contribution in [2.24, 2.45) is 11.1 Å². The quantitative estimate of drug-likeness (QED) is 0.690. The summed E-state index contributed by atoms with van der Waals surface area (Å²) < 4.78 is 2.28. The molecule has 0 radical (unpaired) electrons. The summed E-state index contributed by atoms with van der Waals surface area (Å²) in [7, 11) is 0.